The number of amides is 1. The third-order valence-electron chi connectivity index (χ3n) is 3.55. The summed E-state index contributed by atoms with van der Waals surface area (Å²) in [5.41, 5.74) is 0.723. The van der Waals surface area contributed by atoms with E-state index in [0.717, 1.165) is 27.1 Å². The minimum Gasteiger partial charge on any atom is -0.351 e. The summed E-state index contributed by atoms with van der Waals surface area (Å²) in [6.07, 6.45) is 5.77. The van der Waals surface area contributed by atoms with E-state index in [1.165, 1.54) is 0 Å². The van der Waals surface area contributed by atoms with E-state index in [0.29, 0.717) is 13.0 Å². The van der Waals surface area contributed by atoms with E-state index in [1.54, 1.807) is 0 Å². The highest BCUT2D eigenvalue weighted by atomic mass is 16.1. The molecule has 3 rings (SSSR count). The summed E-state index contributed by atoms with van der Waals surface area (Å²) in [4.78, 5) is 12.6. The Morgan fingerprint density at radius 2 is 1.57 bits per heavy atom. The van der Waals surface area contributed by atoms with Crippen molar-refractivity contribution in [1.29, 1.82) is 0 Å². The largest absolute Gasteiger partial charge is 0.351 e. The molecule has 21 heavy (non-hydrogen) atoms. The Balaban J connectivity index is 2.20. The predicted molar refractivity (Wildman–Crippen MR) is 87.2 cm³/mol. The minimum absolute atomic E-state index is 0.0711. The van der Waals surface area contributed by atoms with Crippen molar-refractivity contribution in [3.8, 4) is 12.3 Å². The summed E-state index contributed by atoms with van der Waals surface area (Å²) in [5, 5.41) is 6.97. The number of benzene rings is 3. The molecular formula is C19H15NO. The predicted octanol–water partition coefficient (Wildman–Crippen LogP) is 3.75. The van der Waals surface area contributed by atoms with Crippen LogP contribution in [-0.4, -0.2) is 12.5 Å². The molecule has 1 amide bonds. The molecule has 3 aromatic rings. The summed E-state index contributed by atoms with van der Waals surface area (Å²) in [5.74, 6) is 2.46. The van der Waals surface area contributed by atoms with Gasteiger partial charge in [0, 0.05) is 13.0 Å². The van der Waals surface area contributed by atoms with Crippen LogP contribution in [0.2, 0.25) is 0 Å². The molecule has 0 spiro atoms. The van der Waals surface area contributed by atoms with Crippen LogP contribution in [0.25, 0.3) is 21.5 Å². The molecule has 1 N–H and O–H groups in total. The first-order chi connectivity index (χ1) is 10.3. The highest BCUT2D eigenvalue weighted by Gasteiger charge is 2.13. The lowest BCUT2D eigenvalue weighted by Crippen LogP contribution is -2.24. The highest BCUT2D eigenvalue weighted by Crippen LogP contribution is 2.28. The number of rotatable bonds is 3. The second kappa shape index (κ2) is 5.68. The van der Waals surface area contributed by atoms with Crippen LogP contribution in [0.3, 0.4) is 0 Å². The summed E-state index contributed by atoms with van der Waals surface area (Å²) < 4.78 is 0. The van der Waals surface area contributed by atoms with Crippen LogP contribution < -0.4 is 5.32 Å². The number of carbonyl (C=O) groups is 1. The van der Waals surface area contributed by atoms with Crippen LogP contribution in [0.1, 0.15) is 16.8 Å². The van der Waals surface area contributed by atoms with Gasteiger partial charge in [0.2, 0.25) is 0 Å². The molecule has 3 aromatic carbocycles. The van der Waals surface area contributed by atoms with Crippen molar-refractivity contribution in [3.63, 3.8) is 0 Å². The van der Waals surface area contributed by atoms with Gasteiger partial charge in [-0.05, 0) is 27.6 Å². The fourth-order valence-electron chi connectivity index (χ4n) is 2.59. The number of nitrogens with one attached hydrogen (secondary N) is 1. The third-order valence-corrected chi connectivity index (χ3v) is 3.55. The smallest absolute Gasteiger partial charge is 0.252 e. The van der Waals surface area contributed by atoms with Gasteiger partial charge in [0.25, 0.3) is 5.91 Å². The Hall–Kier alpha value is -2.79. The van der Waals surface area contributed by atoms with E-state index >= 15 is 0 Å². The van der Waals surface area contributed by atoms with Gasteiger partial charge in [0.1, 0.15) is 0 Å². The van der Waals surface area contributed by atoms with E-state index < -0.39 is 0 Å². The van der Waals surface area contributed by atoms with Gasteiger partial charge >= 0.3 is 0 Å². The molecule has 0 aliphatic heterocycles. The average Bonchev–Trinajstić information content (AvgIpc) is 2.52. The molecular weight excluding hydrogens is 258 g/mol. The van der Waals surface area contributed by atoms with Crippen molar-refractivity contribution in [3.05, 3.63) is 60.2 Å². The summed E-state index contributed by atoms with van der Waals surface area (Å²) in [7, 11) is 0. The molecule has 0 aliphatic carbocycles. The van der Waals surface area contributed by atoms with E-state index in [1.807, 2.05) is 48.5 Å². The molecule has 0 heterocycles. The Kier molecular flexibility index (Phi) is 3.57. The maximum atomic E-state index is 12.6. The highest BCUT2D eigenvalue weighted by molar-refractivity contribution is 6.18. The van der Waals surface area contributed by atoms with Gasteiger partial charge in [0.05, 0.1) is 5.56 Å². The van der Waals surface area contributed by atoms with Crippen LogP contribution in [0.4, 0.5) is 0 Å². The monoisotopic (exact) mass is 273 g/mol. The summed E-state index contributed by atoms with van der Waals surface area (Å²) >= 11 is 0. The molecule has 0 saturated carbocycles. The molecule has 2 nitrogen and oxygen atoms in total. The second-order valence-electron chi connectivity index (χ2n) is 4.90. The molecule has 0 saturated heterocycles. The maximum Gasteiger partial charge on any atom is 0.252 e. The van der Waals surface area contributed by atoms with Gasteiger partial charge in [-0.15, -0.1) is 12.3 Å². The van der Waals surface area contributed by atoms with Gasteiger partial charge in [-0.1, -0.05) is 48.5 Å². The Labute approximate surface area is 123 Å². The first-order valence-electron chi connectivity index (χ1n) is 6.93. The number of hydrogen-bond donors (Lipinski definition) is 1. The van der Waals surface area contributed by atoms with Gasteiger partial charge in [0.15, 0.2) is 0 Å². The van der Waals surface area contributed by atoms with Crippen molar-refractivity contribution in [2.75, 3.05) is 6.54 Å². The lowest BCUT2D eigenvalue weighted by molar-refractivity contribution is 0.0958. The van der Waals surface area contributed by atoms with Crippen LogP contribution in [0.5, 0.6) is 0 Å². The van der Waals surface area contributed by atoms with Gasteiger partial charge < -0.3 is 5.32 Å². The standard InChI is InChI=1S/C19H15NO/c1-2-3-12-20-19(21)18-16-10-6-4-8-14(16)13-15-9-5-7-11-17(15)18/h1,4-11,13H,3,12H2,(H,20,21). The summed E-state index contributed by atoms with van der Waals surface area (Å²) in [6, 6.07) is 18.0. The SMILES string of the molecule is C#CCCNC(=O)c1c2ccccc2cc2ccccc12. The van der Waals surface area contributed by atoms with Crippen molar-refractivity contribution < 1.29 is 4.79 Å². The first-order valence-corrected chi connectivity index (χ1v) is 6.93. The van der Waals surface area contributed by atoms with Crippen molar-refractivity contribution in [1.82, 2.24) is 5.32 Å². The first kappa shape index (κ1) is 13.2. The Morgan fingerprint density at radius 1 is 1.00 bits per heavy atom. The van der Waals surface area contributed by atoms with E-state index in [4.69, 9.17) is 6.42 Å². The van der Waals surface area contributed by atoms with Crippen LogP contribution in [0.15, 0.2) is 54.6 Å². The minimum atomic E-state index is -0.0711. The molecule has 0 unspecified atom stereocenters. The van der Waals surface area contributed by atoms with E-state index in [-0.39, 0.29) is 5.91 Å². The molecule has 0 fully saturated rings. The fraction of sp³-hybridized carbons (Fsp3) is 0.105. The van der Waals surface area contributed by atoms with Crippen LogP contribution >= 0.6 is 0 Å². The van der Waals surface area contributed by atoms with Gasteiger partial charge in [-0.2, -0.15) is 0 Å². The Bertz CT molecular complexity index is 804. The maximum absolute atomic E-state index is 12.6. The lowest BCUT2D eigenvalue weighted by atomic mass is 9.96. The quantitative estimate of drug-likeness (QED) is 0.439. The van der Waals surface area contributed by atoms with Gasteiger partial charge in [-0.25, -0.2) is 0 Å². The molecule has 102 valence electrons. The van der Waals surface area contributed by atoms with Crippen LogP contribution in [-0.2, 0) is 0 Å². The third kappa shape index (κ3) is 2.46. The molecule has 0 atom stereocenters. The fourth-order valence-corrected chi connectivity index (χ4v) is 2.59. The zero-order valence-electron chi connectivity index (χ0n) is 11.6. The average molecular weight is 273 g/mol. The van der Waals surface area contributed by atoms with E-state index in [2.05, 4.69) is 17.3 Å². The van der Waals surface area contributed by atoms with Crippen LogP contribution in [0, 0.1) is 12.3 Å². The normalized spacial score (nSPS) is 10.4. The Morgan fingerprint density at radius 3 is 2.14 bits per heavy atom. The molecule has 2 heteroatoms. The lowest BCUT2D eigenvalue weighted by Gasteiger charge is -2.11. The van der Waals surface area contributed by atoms with Crippen molar-refractivity contribution in [2.24, 2.45) is 0 Å². The van der Waals surface area contributed by atoms with Gasteiger partial charge in [-0.3, -0.25) is 4.79 Å². The van der Waals surface area contributed by atoms with Crippen molar-refractivity contribution in [2.45, 2.75) is 6.42 Å². The zero-order chi connectivity index (χ0) is 14.7. The van der Waals surface area contributed by atoms with E-state index in [9.17, 15) is 4.79 Å². The topological polar surface area (TPSA) is 29.1 Å². The number of terminal acetylenes is 1. The molecule has 0 radical (unpaired) electrons. The molecule has 0 aliphatic rings. The summed E-state index contributed by atoms with van der Waals surface area (Å²) in [6.45, 7) is 0.493. The van der Waals surface area contributed by atoms with Crippen molar-refractivity contribution >= 4 is 27.5 Å². The molecule has 0 bridgehead atoms. The molecule has 0 aromatic heterocycles. The zero-order valence-corrected chi connectivity index (χ0v) is 11.6. The second-order valence-corrected chi connectivity index (χ2v) is 4.90. The number of carbonyl (C=O) groups excluding carboxylic acids is 1. The number of fused-ring (bicyclic) bond motifs is 2. The number of hydrogen-bond acceptors (Lipinski definition) is 1.